The summed E-state index contributed by atoms with van der Waals surface area (Å²) >= 11 is 0. The number of hydrogen-bond donors (Lipinski definition) is 5. The Kier molecular flexibility index (Phi) is 5.86. The van der Waals surface area contributed by atoms with Crippen molar-refractivity contribution in [3.63, 3.8) is 0 Å². The van der Waals surface area contributed by atoms with Crippen LogP contribution in [0.5, 0.6) is 11.5 Å². The van der Waals surface area contributed by atoms with Crippen molar-refractivity contribution in [3.05, 3.63) is 29.8 Å². The molecule has 0 bridgehead atoms. The van der Waals surface area contributed by atoms with Crippen LogP contribution in [0.3, 0.4) is 0 Å². The third-order valence-corrected chi connectivity index (χ3v) is 4.14. The Balaban J connectivity index is 2.07. The van der Waals surface area contributed by atoms with E-state index in [-0.39, 0.29) is 11.5 Å². The molecule has 1 saturated carbocycles. The fraction of sp³-hybridized carbons (Fsp3) is 0.412. The molecule has 2 rings (SSSR count). The highest BCUT2D eigenvalue weighted by Crippen LogP contribution is 2.31. The number of rotatable bonds is 5. The van der Waals surface area contributed by atoms with Gasteiger partial charge in [-0.1, -0.05) is 6.07 Å². The highest BCUT2D eigenvalue weighted by molar-refractivity contribution is 5.87. The van der Waals surface area contributed by atoms with Gasteiger partial charge in [0.2, 0.25) is 0 Å². The molecule has 1 aliphatic carbocycles. The molecule has 0 unspecified atom stereocenters. The minimum absolute atomic E-state index is 0.0699. The second-order valence-corrected chi connectivity index (χ2v) is 6.04. The third kappa shape index (κ3) is 4.31. The summed E-state index contributed by atoms with van der Waals surface area (Å²) in [6.07, 6.45) is -3.17. The fourth-order valence-corrected chi connectivity index (χ4v) is 2.69. The monoisotopic (exact) mass is 368 g/mol. The van der Waals surface area contributed by atoms with Gasteiger partial charge in [-0.3, -0.25) is 0 Å². The number of phenols is 1. The number of hydrogen-bond acceptors (Lipinski definition) is 8. The number of carboxylic acid groups (broad SMARTS) is 1. The Hall–Kier alpha value is -2.62. The van der Waals surface area contributed by atoms with Crippen LogP contribution in [0.25, 0.3) is 6.08 Å². The minimum atomic E-state index is -2.29. The van der Waals surface area contributed by atoms with E-state index < -0.39 is 48.7 Å². The van der Waals surface area contributed by atoms with E-state index in [0.717, 1.165) is 6.08 Å². The first-order valence-corrected chi connectivity index (χ1v) is 7.74. The van der Waals surface area contributed by atoms with E-state index in [2.05, 4.69) is 0 Å². The Morgan fingerprint density at radius 3 is 2.58 bits per heavy atom. The predicted molar refractivity (Wildman–Crippen MR) is 87.4 cm³/mol. The average Bonchev–Trinajstić information content (AvgIpc) is 2.58. The third-order valence-electron chi connectivity index (χ3n) is 4.14. The van der Waals surface area contributed by atoms with Crippen molar-refractivity contribution in [3.8, 4) is 11.5 Å². The number of phenolic OH excluding ortho intramolecular Hbond substituents is 1. The van der Waals surface area contributed by atoms with Crippen molar-refractivity contribution < 1.29 is 44.6 Å². The van der Waals surface area contributed by atoms with Crippen molar-refractivity contribution in [2.45, 2.75) is 36.8 Å². The number of aliphatic hydroxyl groups excluding tert-OH is 2. The normalized spacial score (nSPS) is 28.7. The topological polar surface area (TPSA) is 154 Å². The number of ether oxygens (including phenoxy) is 2. The van der Waals surface area contributed by atoms with Gasteiger partial charge in [-0.05, 0) is 23.8 Å². The van der Waals surface area contributed by atoms with Crippen LogP contribution in [0.1, 0.15) is 18.4 Å². The lowest BCUT2D eigenvalue weighted by Gasteiger charge is -2.39. The van der Waals surface area contributed by atoms with Gasteiger partial charge in [0.25, 0.3) is 0 Å². The second-order valence-electron chi connectivity index (χ2n) is 6.04. The number of aliphatic hydroxyl groups is 3. The number of carboxylic acids is 1. The van der Waals surface area contributed by atoms with E-state index in [9.17, 15) is 30.0 Å². The van der Waals surface area contributed by atoms with Gasteiger partial charge in [0, 0.05) is 18.9 Å². The summed E-state index contributed by atoms with van der Waals surface area (Å²) in [5.41, 5.74) is -1.78. The van der Waals surface area contributed by atoms with Gasteiger partial charge in [-0.15, -0.1) is 0 Å². The molecule has 26 heavy (non-hydrogen) atoms. The predicted octanol–water partition coefficient (Wildman–Crippen LogP) is -0.343. The fourth-order valence-electron chi connectivity index (χ4n) is 2.69. The number of benzene rings is 1. The molecule has 0 radical (unpaired) electrons. The number of aliphatic carboxylic acids is 1. The van der Waals surface area contributed by atoms with Crippen LogP contribution in [0.15, 0.2) is 24.3 Å². The van der Waals surface area contributed by atoms with Crippen LogP contribution in [-0.2, 0) is 14.3 Å². The zero-order chi connectivity index (χ0) is 19.5. The summed E-state index contributed by atoms with van der Waals surface area (Å²) in [6, 6.07) is 4.36. The van der Waals surface area contributed by atoms with E-state index in [4.69, 9.17) is 14.6 Å². The van der Waals surface area contributed by atoms with Crippen LogP contribution >= 0.6 is 0 Å². The molecule has 0 saturated heterocycles. The maximum absolute atomic E-state index is 11.9. The molecule has 0 aliphatic heterocycles. The summed E-state index contributed by atoms with van der Waals surface area (Å²) in [7, 11) is 1.37. The molecule has 1 fully saturated rings. The Morgan fingerprint density at radius 2 is 1.96 bits per heavy atom. The molecule has 1 aliphatic rings. The highest BCUT2D eigenvalue weighted by Gasteiger charge is 2.50. The van der Waals surface area contributed by atoms with Gasteiger partial charge < -0.3 is 35.0 Å². The molecule has 142 valence electrons. The van der Waals surface area contributed by atoms with E-state index in [0.29, 0.717) is 5.56 Å². The summed E-state index contributed by atoms with van der Waals surface area (Å²) in [5.74, 6) is -2.34. The van der Waals surface area contributed by atoms with E-state index >= 15 is 0 Å². The van der Waals surface area contributed by atoms with Crippen LogP contribution in [0.4, 0.5) is 0 Å². The van der Waals surface area contributed by atoms with E-state index in [1.165, 1.54) is 31.4 Å². The van der Waals surface area contributed by atoms with Gasteiger partial charge in [0.05, 0.1) is 13.2 Å². The Bertz CT molecular complexity index is 714. The molecule has 0 spiro atoms. The zero-order valence-corrected chi connectivity index (χ0v) is 13.9. The molecular formula is C17H20O9. The number of carbonyl (C=O) groups is 2. The van der Waals surface area contributed by atoms with Crippen molar-refractivity contribution in [1.82, 2.24) is 0 Å². The summed E-state index contributed by atoms with van der Waals surface area (Å²) in [6.45, 7) is 0. The first kappa shape index (κ1) is 19.7. The molecule has 9 nitrogen and oxygen atoms in total. The highest BCUT2D eigenvalue weighted by atomic mass is 16.6. The maximum atomic E-state index is 11.9. The number of esters is 1. The van der Waals surface area contributed by atoms with Crippen LogP contribution in [0, 0.1) is 0 Å². The summed E-state index contributed by atoms with van der Waals surface area (Å²) in [4.78, 5) is 23.1. The molecule has 0 aromatic heterocycles. The molecule has 4 atom stereocenters. The first-order chi connectivity index (χ1) is 12.2. The maximum Gasteiger partial charge on any atom is 0.335 e. The standard InChI is InChI=1S/C17H20O9/c1-25-12-6-9(2-4-10(12)18)3-5-14(20)26-13-8-17(24,16(22)23)7-11(19)15(13)21/h2-6,11,13,15,18-19,21,24H,7-8H2,1H3,(H,22,23)/b5-3-/t11-,13-,15+,17-/m1/s1. The van der Waals surface area contributed by atoms with E-state index in [1.807, 2.05) is 0 Å². The summed E-state index contributed by atoms with van der Waals surface area (Å²) < 4.78 is 9.92. The van der Waals surface area contributed by atoms with Crippen LogP contribution < -0.4 is 4.74 Å². The van der Waals surface area contributed by atoms with Crippen molar-refractivity contribution in [2.75, 3.05) is 7.11 Å². The van der Waals surface area contributed by atoms with Gasteiger partial charge in [0.1, 0.15) is 12.2 Å². The molecular weight excluding hydrogens is 348 g/mol. The molecule has 0 heterocycles. The lowest BCUT2D eigenvalue weighted by molar-refractivity contribution is -0.196. The second kappa shape index (κ2) is 7.73. The van der Waals surface area contributed by atoms with Gasteiger partial charge in [-0.25, -0.2) is 9.59 Å². The molecule has 5 N–H and O–H groups in total. The van der Waals surface area contributed by atoms with Gasteiger partial charge in [0.15, 0.2) is 17.1 Å². The SMILES string of the molecule is COc1cc(/C=C\C(=O)O[C@@H]2C[C@@](O)(C(=O)O)C[C@@H](O)[C@@H]2O)ccc1O. The summed E-state index contributed by atoms with van der Waals surface area (Å²) in [5, 5.41) is 48.2. The van der Waals surface area contributed by atoms with E-state index in [1.54, 1.807) is 0 Å². The molecule has 0 amide bonds. The minimum Gasteiger partial charge on any atom is -0.504 e. The van der Waals surface area contributed by atoms with Crippen LogP contribution in [-0.4, -0.2) is 68.5 Å². The number of carbonyl (C=O) groups excluding carboxylic acids is 1. The quantitative estimate of drug-likeness (QED) is 0.347. The first-order valence-electron chi connectivity index (χ1n) is 7.74. The van der Waals surface area contributed by atoms with Crippen molar-refractivity contribution in [1.29, 1.82) is 0 Å². The Labute approximate surface area is 148 Å². The smallest absolute Gasteiger partial charge is 0.335 e. The number of aromatic hydroxyl groups is 1. The van der Waals surface area contributed by atoms with Crippen molar-refractivity contribution in [2.24, 2.45) is 0 Å². The molecule has 1 aromatic rings. The number of methoxy groups -OCH3 is 1. The van der Waals surface area contributed by atoms with Crippen molar-refractivity contribution >= 4 is 18.0 Å². The molecule has 1 aromatic carbocycles. The lowest BCUT2D eigenvalue weighted by Crippen LogP contribution is -2.57. The van der Waals surface area contributed by atoms with Gasteiger partial charge in [-0.2, -0.15) is 0 Å². The molecule has 9 heteroatoms. The largest absolute Gasteiger partial charge is 0.504 e. The lowest BCUT2D eigenvalue weighted by atomic mass is 9.79. The zero-order valence-electron chi connectivity index (χ0n) is 13.9. The van der Waals surface area contributed by atoms with Crippen LogP contribution in [0.2, 0.25) is 0 Å². The Morgan fingerprint density at radius 1 is 1.27 bits per heavy atom. The average molecular weight is 368 g/mol. The van der Waals surface area contributed by atoms with Gasteiger partial charge >= 0.3 is 11.9 Å².